The first-order valence-corrected chi connectivity index (χ1v) is 8.72. The van der Waals surface area contributed by atoms with Crippen molar-refractivity contribution in [2.24, 2.45) is 0 Å². The largest absolute Gasteiger partial charge is 0.432 e. The first kappa shape index (κ1) is 16.4. The molecule has 0 aliphatic heterocycles. The van der Waals surface area contributed by atoms with Gasteiger partial charge in [0.25, 0.3) is 0 Å². The van der Waals surface area contributed by atoms with Crippen LogP contribution < -0.4 is 10.2 Å². The van der Waals surface area contributed by atoms with Crippen molar-refractivity contribution in [1.82, 2.24) is 24.6 Å². The van der Waals surface area contributed by atoms with Crippen LogP contribution in [0.4, 0.5) is 4.79 Å². The van der Waals surface area contributed by atoms with E-state index < -0.39 is 6.09 Å². The normalized spacial score (nSPS) is 10.8. The van der Waals surface area contributed by atoms with E-state index in [-0.39, 0.29) is 5.75 Å². The molecule has 0 fully saturated rings. The van der Waals surface area contributed by atoms with Crippen LogP contribution in [0.5, 0.6) is 5.75 Å². The summed E-state index contributed by atoms with van der Waals surface area (Å²) in [6.45, 7) is 1.72. The third kappa shape index (κ3) is 3.22. The van der Waals surface area contributed by atoms with E-state index in [0.29, 0.717) is 27.3 Å². The molecule has 1 amide bonds. The Hall–Kier alpha value is -3.04. The Labute approximate surface area is 156 Å². The summed E-state index contributed by atoms with van der Waals surface area (Å²) in [5.74, 6) is 0.672. The van der Waals surface area contributed by atoms with E-state index in [1.807, 2.05) is 18.2 Å². The smallest absolute Gasteiger partial charge is 0.406 e. The molecule has 0 aliphatic rings. The number of fused-ring (bicyclic) bond motifs is 1. The van der Waals surface area contributed by atoms with E-state index in [4.69, 9.17) is 16.3 Å². The molecule has 0 unspecified atom stereocenters. The number of aromatic nitrogens is 5. The predicted molar refractivity (Wildman–Crippen MR) is 98.0 cm³/mol. The Morgan fingerprint density at radius 1 is 1.31 bits per heavy atom. The summed E-state index contributed by atoms with van der Waals surface area (Å²) in [5, 5.41) is 3.58. The van der Waals surface area contributed by atoms with Crippen molar-refractivity contribution in [3.05, 3.63) is 53.0 Å². The highest BCUT2D eigenvalue weighted by Crippen LogP contribution is 2.25. The van der Waals surface area contributed by atoms with Crippen LogP contribution in [0.15, 0.2) is 42.2 Å². The first-order valence-electron chi connectivity index (χ1n) is 7.46. The molecule has 0 aliphatic carbocycles. The topological polar surface area (TPSA) is 94.8 Å². The Bertz CT molecular complexity index is 1110. The van der Waals surface area contributed by atoms with Crippen LogP contribution in [-0.4, -0.2) is 30.7 Å². The van der Waals surface area contributed by atoms with Gasteiger partial charge in [0.1, 0.15) is 5.15 Å². The maximum Gasteiger partial charge on any atom is 0.432 e. The molecule has 26 heavy (non-hydrogen) atoms. The molecule has 4 aromatic rings. The Balaban J connectivity index is 1.50. The van der Waals surface area contributed by atoms with Gasteiger partial charge in [0.15, 0.2) is 22.2 Å². The fourth-order valence-electron chi connectivity index (χ4n) is 2.29. The molecule has 4 rings (SSSR count). The Morgan fingerprint density at radius 2 is 2.19 bits per heavy atom. The summed E-state index contributed by atoms with van der Waals surface area (Å²) in [4.78, 5) is 29.0. The number of thiazole rings is 1. The molecule has 0 radical (unpaired) electrons. The van der Waals surface area contributed by atoms with Crippen molar-refractivity contribution in [2.75, 3.05) is 5.43 Å². The predicted octanol–water partition coefficient (Wildman–Crippen LogP) is 3.65. The molecule has 4 heterocycles. The van der Waals surface area contributed by atoms with Gasteiger partial charge < -0.3 is 4.74 Å². The van der Waals surface area contributed by atoms with Crippen molar-refractivity contribution in [2.45, 2.75) is 6.92 Å². The number of aryl methyl sites for hydroxylation is 1. The van der Waals surface area contributed by atoms with Crippen molar-refractivity contribution in [1.29, 1.82) is 0 Å². The molecule has 0 saturated carbocycles. The van der Waals surface area contributed by atoms with Gasteiger partial charge in [-0.2, -0.15) is 0 Å². The summed E-state index contributed by atoms with van der Waals surface area (Å²) in [6.07, 6.45) is 4.09. The molecular weight excluding hydrogens is 376 g/mol. The number of carbonyl (C=O) groups is 1. The van der Waals surface area contributed by atoms with Gasteiger partial charge in [0.2, 0.25) is 0 Å². The van der Waals surface area contributed by atoms with Crippen molar-refractivity contribution >= 4 is 40.1 Å². The van der Waals surface area contributed by atoms with E-state index in [1.165, 1.54) is 22.2 Å². The fraction of sp³-hybridized carbons (Fsp3) is 0.0625. The number of nitrogens with zero attached hydrogens (tertiary/aromatic N) is 5. The van der Waals surface area contributed by atoms with Crippen molar-refractivity contribution in [3.8, 4) is 16.6 Å². The number of pyridine rings is 1. The van der Waals surface area contributed by atoms with Crippen LogP contribution in [0.1, 0.15) is 5.69 Å². The Kier molecular flexibility index (Phi) is 4.23. The summed E-state index contributed by atoms with van der Waals surface area (Å²) in [6, 6.07) is 5.56. The van der Waals surface area contributed by atoms with Crippen LogP contribution >= 0.6 is 22.9 Å². The maximum absolute atomic E-state index is 12.2. The van der Waals surface area contributed by atoms with Crippen LogP contribution in [0.2, 0.25) is 5.15 Å². The second-order valence-corrected chi connectivity index (χ2v) is 6.47. The second kappa shape index (κ2) is 6.70. The number of hydrogen-bond acceptors (Lipinski definition) is 7. The minimum absolute atomic E-state index is 0.248. The molecule has 0 atom stereocenters. The minimum Gasteiger partial charge on any atom is -0.406 e. The van der Waals surface area contributed by atoms with Crippen LogP contribution in [0.3, 0.4) is 0 Å². The standard InChI is InChI=1S/C16H11ClN6O2S/c1-9-11(7-19-13(20-9)15-21-12(17)8-26-15)25-16(24)22-23-6-4-10-3-2-5-18-14(10)23/h2-8H,1H3,(H,22,24). The van der Waals surface area contributed by atoms with Crippen LogP contribution in [-0.2, 0) is 0 Å². The lowest BCUT2D eigenvalue weighted by atomic mass is 10.3. The molecule has 0 saturated heterocycles. The van der Waals surface area contributed by atoms with Crippen molar-refractivity contribution < 1.29 is 9.53 Å². The third-order valence-electron chi connectivity index (χ3n) is 3.46. The van der Waals surface area contributed by atoms with Gasteiger partial charge in [-0.25, -0.2) is 34.8 Å². The van der Waals surface area contributed by atoms with Gasteiger partial charge in [0.05, 0.1) is 11.9 Å². The number of ether oxygens (including phenoxy) is 1. The molecule has 0 spiro atoms. The van der Waals surface area contributed by atoms with Gasteiger partial charge >= 0.3 is 6.09 Å². The number of halogens is 1. The number of hydrogen-bond donors (Lipinski definition) is 1. The molecule has 0 bridgehead atoms. The number of nitrogens with one attached hydrogen (secondary N) is 1. The molecule has 4 aromatic heterocycles. The molecule has 10 heteroatoms. The lowest BCUT2D eigenvalue weighted by Crippen LogP contribution is -2.26. The van der Waals surface area contributed by atoms with Crippen LogP contribution in [0, 0.1) is 6.92 Å². The summed E-state index contributed by atoms with van der Waals surface area (Å²) in [5.41, 5.74) is 3.73. The summed E-state index contributed by atoms with van der Waals surface area (Å²) in [7, 11) is 0. The average molecular weight is 387 g/mol. The number of carbonyl (C=O) groups excluding carboxylic acids is 1. The molecule has 0 aromatic carbocycles. The molecular formula is C16H11ClN6O2S. The first-order chi connectivity index (χ1) is 12.6. The molecule has 130 valence electrons. The third-order valence-corrected chi connectivity index (χ3v) is 4.63. The lowest BCUT2D eigenvalue weighted by Gasteiger charge is -2.09. The highest BCUT2D eigenvalue weighted by molar-refractivity contribution is 7.13. The average Bonchev–Trinajstić information content (AvgIpc) is 3.24. The highest BCUT2D eigenvalue weighted by Gasteiger charge is 2.13. The second-order valence-electron chi connectivity index (χ2n) is 5.22. The van der Waals surface area contributed by atoms with Gasteiger partial charge in [0, 0.05) is 23.2 Å². The summed E-state index contributed by atoms with van der Waals surface area (Å²) >= 11 is 7.15. The quantitative estimate of drug-likeness (QED) is 0.577. The molecule has 1 N–H and O–H groups in total. The van der Waals surface area contributed by atoms with E-state index >= 15 is 0 Å². The SMILES string of the molecule is Cc1nc(-c2nc(Cl)cs2)ncc1OC(=O)Nn1ccc2cccnc21. The van der Waals surface area contributed by atoms with Gasteiger partial charge in [-0.1, -0.05) is 11.6 Å². The maximum atomic E-state index is 12.2. The van der Waals surface area contributed by atoms with Gasteiger partial charge in [-0.05, 0) is 25.1 Å². The zero-order chi connectivity index (χ0) is 18.1. The van der Waals surface area contributed by atoms with Gasteiger partial charge in [-0.3, -0.25) is 0 Å². The van der Waals surface area contributed by atoms with E-state index in [0.717, 1.165) is 5.39 Å². The zero-order valence-corrected chi connectivity index (χ0v) is 15.0. The minimum atomic E-state index is -0.676. The Morgan fingerprint density at radius 3 is 2.96 bits per heavy atom. The van der Waals surface area contributed by atoms with E-state index in [2.05, 4.69) is 25.4 Å². The van der Waals surface area contributed by atoms with Crippen molar-refractivity contribution in [3.63, 3.8) is 0 Å². The zero-order valence-electron chi connectivity index (χ0n) is 13.4. The monoisotopic (exact) mass is 386 g/mol. The summed E-state index contributed by atoms with van der Waals surface area (Å²) < 4.78 is 6.78. The lowest BCUT2D eigenvalue weighted by molar-refractivity contribution is 0.211. The van der Waals surface area contributed by atoms with Gasteiger partial charge in [-0.15, -0.1) is 11.3 Å². The molecule has 8 nitrogen and oxygen atoms in total. The van der Waals surface area contributed by atoms with Crippen LogP contribution in [0.25, 0.3) is 21.9 Å². The number of rotatable bonds is 3. The fourth-order valence-corrected chi connectivity index (χ4v) is 3.18. The highest BCUT2D eigenvalue weighted by atomic mass is 35.5. The van der Waals surface area contributed by atoms with E-state index in [9.17, 15) is 4.79 Å². The van der Waals surface area contributed by atoms with E-state index in [1.54, 1.807) is 24.7 Å². The number of amides is 1.